The highest BCUT2D eigenvalue weighted by atomic mass is 127. The maximum atomic E-state index is 5.13. The molecular weight excluding hydrogens is 570 g/mol. The summed E-state index contributed by atoms with van der Waals surface area (Å²) in [6.07, 6.45) is 0.820. The maximum Gasteiger partial charge on any atom is 0.0867 e. The Labute approximate surface area is 194 Å². The number of hydrogen-bond acceptors (Lipinski definition) is 2. The van der Waals surface area contributed by atoms with Crippen LogP contribution in [0.3, 0.4) is 0 Å². The van der Waals surface area contributed by atoms with E-state index >= 15 is 0 Å². The second-order valence-electron chi connectivity index (χ2n) is 7.66. The van der Waals surface area contributed by atoms with Crippen molar-refractivity contribution in [3.63, 3.8) is 0 Å². The van der Waals surface area contributed by atoms with Crippen molar-refractivity contribution in [2.24, 2.45) is 4.99 Å². The van der Waals surface area contributed by atoms with Crippen molar-refractivity contribution in [2.45, 2.75) is 32.7 Å². The molecule has 4 heteroatoms. The number of nitrogens with one attached hydrogen (secondary N) is 1. The average Bonchev–Trinajstić information content (AvgIpc) is 2.80. The predicted molar refractivity (Wildman–Crippen MR) is 136 cm³/mol. The first-order valence-corrected chi connectivity index (χ1v) is 11.5. The van der Waals surface area contributed by atoms with Gasteiger partial charge in [-0.3, -0.25) is 4.99 Å². The summed E-state index contributed by atoms with van der Waals surface area (Å²) in [7, 11) is 0. The number of aliphatic imine (C=N–C) groups is 1. The molecule has 0 spiro atoms. The summed E-state index contributed by atoms with van der Waals surface area (Å²) < 4.78 is 2.48. The lowest BCUT2D eigenvalue weighted by atomic mass is 9.85. The maximum absolute atomic E-state index is 5.13. The second kappa shape index (κ2) is 7.78. The van der Waals surface area contributed by atoms with Gasteiger partial charge in [0.2, 0.25) is 0 Å². The van der Waals surface area contributed by atoms with Gasteiger partial charge in [0.05, 0.1) is 22.6 Å². The van der Waals surface area contributed by atoms with E-state index in [9.17, 15) is 0 Å². The van der Waals surface area contributed by atoms with Gasteiger partial charge in [0, 0.05) is 13.6 Å². The molecule has 3 aromatic rings. The molecule has 0 unspecified atom stereocenters. The number of anilines is 1. The molecule has 0 amide bonds. The molecule has 1 heterocycles. The zero-order valence-electron chi connectivity index (χ0n) is 16.2. The monoisotopic (exact) mass is 592 g/mol. The van der Waals surface area contributed by atoms with E-state index in [2.05, 4.69) is 132 Å². The van der Waals surface area contributed by atoms with Crippen molar-refractivity contribution in [3.05, 3.63) is 90.1 Å². The normalized spacial score (nSPS) is 18.7. The number of benzene rings is 3. The van der Waals surface area contributed by atoms with E-state index in [0.717, 1.165) is 23.5 Å². The Morgan fingerprint density at radius 2 is 1.43 bits per heavy atom. The van der Waals surface area contributed by atoms with Crippen LogP contribution in [0.2, 0.25) is 0 Å². The fourth-order valence-corrected chi connectivity index (χ4v) is 4.37. The van der Waals surface area contributed by atoms with Crippen LogP contribution in [0.4, 0.5) is 11.4 Å². The van der Waals surface area contributed by atoms with Crippen LogP contribution in [0.1, 0.15) is 35.6 Å². The van der Waals surface area contributed by atoms with Gasteiger partial charge in [-0.05, 0) is 125 Å². The number of aryl methyl sites for hydroxylation is 2. The fraction of sp³-hybridized carbons (Fsp3) is 0.208. The first-order chi connectivity index (χ1) is 13.3. The SMILES string of the molecule is Cc1cc2c(cc1C)N[C@@](C)(c1ccc(I)cc1)CC(c1ccc(I)cc1)=N2. The third-order valence-electron chi connectivity index (χ3n) is 5.46. The summed E-state index contributed by atoms with van der Waals surface area (Å²) in [6, 6.07) is 21.9. The zero-order valence-corrected chi connectivity index (χ0v) is 20.5. The molecular formula is C24H22I2N2. The topological polar surface area (TPSA) is 24.4 Å². The highest BCUT2D eigenvalue weighted by Gasteiger charge is 2.32. The largest absolute Gasteiger partial charge is 0.374 e. The van der Waals surface area contributed by atoms with Crippen LogP contribution >= 0.6 is 45.2 Å². The van der Waals surface area contributed by atoms with E-state index in [0.29, 0.717) is 0 Å². The van der Waals surface area contributed by atoms with Crippen LogP contribution < -0.4 is 5.32 Å². The van der Waals surface area contributed by atoms with E-state index < -0.39 is 0 Å². The minimum absolute atomic E-state index is 0.237. The summed E-state index contributed by atoms with van der Waals surface area (Å²) in [5, 5.41) is 3.83. The molecule has 0 aliphatic carbocycles. The van der Waals surface area contributed by atoms with Crippen LogP contribution in [0.15, 0.2) is 65.7 Å². The van der Waals surface area contributed by atoms with Crippen molar-refractivity contribution in [3.8, 4) is 0 Å². The Morgan fingerprint density at radius 3 is 2.07 bits per heavy atom. The van der Waals surface area contributed by atoms with Gasteiger partial charge in [0.15, 0.2) is 0 Å². The Morgan fingerprint density at radius 1 is 0.857 bits per heavy atom. The lowest BCUT2D eigenvalue weighted by molar-refractivity contribution is 0.571. The van der Waals surface area contributed by atoms with Gasteiger partial charge in [-0.2, -0.15) is 0 Å². The van der Waals surface area contributed by atoms with Gasteiger partial charge >= 0.3 is 0 Å². The predicted octanol–water partition coefficient (Wildman–Crippen LogP) is 7.36. The molecule has 0 saturated heterocycles. The molecule has 4 rings (SSSR count). The molecule has 2 nitrogen and oxygen atoms in total. The van der Waals surface area contributed by atoms with Gasteiger partial charge in [0.1, 0.15) is 0 Å². The van der Waals surface area contributed by atoms with Crippen LogP contribution in [0, 0.1) is 21.0 Å². The quantitative estimate of drug-likeness (QED) is 0.309. The summed E-state index contributed by atoms with van der Waals surface area (Å²) in [5.74, 6) is 0. The molecule has 0 bridgehead atoms. The number of nitrogens with zero attached hydrogens (tertiary/aromatic N) is 1. The molecule has 1 aliphatic rings. The Bertz CT molecular complexity index is 1050. The van der Waals surface area contributed by atoms with Crippen LogP contribution in [-0.2, 0) is 5.54 Å². The first-order valence-electron chi connectivity index (χ1n) is 9.33. The van der Waals surface area contributed by atoms with Crippen molar-refractivity contribution >= 4 is 62.3 Å². The highest BCUT2D eigenvalue weighted by molar-refractivity contribution is 14.1. The molecule has 3 aromatic carbocycles. The first kappa shape index (κ1) is 19.9. The number of rotatable bonds is 2. The van der Waals surface area contributed by atoms with Crippen molar-refractivity contribution in [1.29, 1.82) is 0 Å². The van der Waals surface area contributed by atoms with E-state index in [1.54, 1.807) is 0 Å². The third kappa shape index (κ3) is 3.99. The van der Waals surface area contributed by atoms with Crippen molar-refractivity contribution in [2.75, 3.05) is 5.32 Å². The number of fused-ring (bicyclic) bond motifs is 1. The van der Waals surface area contributed by atoms with Crippen LogP contribution in [0.25, 0.3) is 0 Å². The lowest BCUT2D eigenvalue weighted by Crippen LogP contribution is -2.34. The second-order valence-corrected chi connectivity index (χ2v) is 10.2. The Kier molecular flexibility index (Phi) is 5.53. The van der Waals surface area contributed by atoms with Gasteiger partial charge in [0.25, 0.3) is 0 Å². The third-order valence-corrected chi connectivity index (χ3v) is 6.90. The van der Waals surface area contributed by atoms with Gasteiger partial charge < -0.3 is 5.32 Å². The molecule has 0 aromatic heterocycles. The molecule has 28 heavy (non-hydrogen) atoms. The summed E-state index contributed by atoms with van der Waals surface area (Å²) in [5.41, 5.74) is 8.01. The van der Waals surface area contributed by atoms with Gasteiger partial charge in [-0.1, -0.05) is 24.3 Å². The van der Waals surface area contributed by atoms with E-state index in [1.165, 1.54) is 29.4 Å². The Hall–Kier alpha value is -1.41. The fourth-order valence-electron chi connectivity index (χ4n) is 3.66. The molecule has 1 aliphatic heterocycles. The van der Waals surface area contributed by atoms with Crippen LogP contribution in [-0.4, -0.2) is 5.71 Å². The molecule has 1 N–H and O–H groups in total. The van der Waals surface area contributed by atoms with Crippen LogP contribution in [0.5, 0.6) is 0 Å². The summed E-state index contributed by atoms with van der Waals surface area (Å²) >= 11 is 4.71. The zero-order chi connectivity index (χ0) is 19.9. The molecule has 0 radical (unpaired) electrons. The molecule has 142 valence electrons. The molecule has 0 saturated carbocycles. The smallest absolute Gasteiger partial charge is 0.0867 e. The van der Waals surface area contributed by atoms with E-state index in [-0.39, 0.29) is 5.54 Å². The van der Waals surface area contributed by atoms with E-state index in [4.69, 9.17) is 4.99 Å². The van der Waals surface area contributed by atoms with Gasteiger partial charge in [-0.15, -0.1) is 0 Å². The average molecular weight is 592 g/mol. The minimum Gasteiger partial charge on any atom is -0.374 e. The van der Waals surface area contributed by atoms with Crippen molar-refractivity contribution in [1.82, 2.24) is 0 Å². The highest BCUT2D eigenvalue weighted by Crippen LogP contribution is 2.40. The summed E-state index contributed by atoms with van der Waals surface area (Å²) in [6.45, 7) is 6.59. The van der Waals surface area contributed by atoms with Gasteiger partial charge in [-0.25, -0.2) is 0 Å². The molecule has 1 atom stereocenters. The summed E-state index contributed by atoms with van der Waals surface area (Å²) in [4.78, 5) is 5.13. The minimum atomic E-state index is -0.237. The standard InChI is InChI=1S/C24H22I2N2/c1-15-12-21-22(13-16(15)2)28-24(3,18-6-10-20(26)11-7-18)14-23(27-21)17-4-8-19(25)9-5-17/h4-13,28H,14H2,1-3H3/t24-/m1/s1. The lowest BCUT2D eigenvalue weighted by Gasteiger charge is -2.32. The Balaban J connectivity index is 1.89. The molecule has 0 fully saturated rings. The number of hydrogen-bond donors (Lipinski definition) is 1. The van der Waals surface area contributed by atoms with Crippen molar-refractivity contribution < 1.29 is 0 Å². The van der Waals surface area contributed by atoms with E-state index in [1.807, 2.05) is 0 Å². The number of halogens is 2.